The van der Waals surface area contributed by atoms with E-state index in [4.69, 9.17) is 22.4 Å². The minimum atomic E-state index is -0.139. The van der Waals surface area contributed by atoms with E-state index in [1.54, 1.807) is 12.1 Å². The molecule has 0 saturated heterocycles. The Morgan fingerprint density at radius 3 is 2.60 bits per heavy atom. The molecule has 0 aliphatic heterocycles. The number of benzene rings is 1. The largest absolute Gasteiger partial charge is 0.506 e. The van der Waals surface area contributed by atoms with Crippen molar-refractivity contribution in [2.75, 3.05) is 6.61 Å². The van der Waals surface area contributed by atoms with Crippen molar-refractivity contribution in [3.05, 3.63) is 28.8 Å². The first-order valence-corrected chi connectivity index (χ1v) is 4.88. The number of nitrogens with two attached hydrogens (primary N) is 1. The van der Waals surface area contributed by atoms with Gasteiger partial charge in [-0.3, -0.25) is 0 Å². The SMILES string of the molecule is Cl.N[C@H](CCCO)c1ccc(O)c(Cl)c1. The Labute approximate surface area is 100 Å². The molecule has 0 aromatic heterocycles. The normalized spacial score (nSPS) is 11.9. The summed E-state index contributed by atoms with van der Waals surface area (Å²) in [5, 5.41) is 18.1. The molecule has 15 heavy (non-hydrogen) atoms. The second kappa shape index (κ2) is 6.90. The standard InChI is InChI=1S/C10H14ClNO2.ClH/c11-8-6-7(3-4-10(8)14)9(12)2-1-5-13;/h3-4,6,9,13-14H,1-2,5,12H2;1H/t9-;/m1./s1. The van der Waals surface area contributed by atoms with Gasteiger partial charge in [-0.1, -0.05) is 17.7 Å². The zero-order valence-corrected chi connectivity index (χ0v) is 9.76. The van der Waals surface area contributed by atoms with Crippen LogP contribution in [0.25, 0.3) is 0 Å². The van der Waals surface area contributed by atoms with Crippen LogP contribution in [0.15, 0.2) is 18.2 Å². The quantitative estimate of drug-likeness (QED) is 0.769. The average molecular weight is 252 g/mol. The fourth-order valence-corrected chi connectivity index (χ4v) is 1.42. The number of hydrogen-bond donors (Lipinski definition) is 3. The molecule has 1 atom stereocenters. The second-order valence-electron chi connectivity index (χ2n) is 3.18. The fraction of sp³-hybridized carbons (Fsp3) is 0.400. The van der Waals surface area contributed by atoms with Crippen molar-refractivity contribution in [1.29, 1.82) is 0 Å². The molecule has 0 radical (unpaired) electrons. The smallest absolute Gasteiger partial charge is 0.134 e. The van der Waals surface area contributed by atoms with Gasteiger partial charge in [-0.15, -0.1) is 12.4 Å². The first-order valence-electron chi connectivity index (χ1n) is 4.50. The van der Waals surface area contributed by atoms with Crippen molar-refractivity contribution < 1.29 is 10.2 Å². The molecular weight excluding hydrogens is 237 g/mol. The van der Waals surface area contributed by atoms with Crippen LogP contribution in [0.3, 0.4) is 0 Å². The molecule has 4 N–H and O–H groups in total. The molecule has 0 saturated carbocycles. The molecule has 0 heterocycles. The van der Waals surface area contributed by atoms with Gasteiger partial charge in [0.05, 0.1) is 5.02 Å². The van der Waals surface area contributed by atoms with Gasteiger partial charge in [0.25, 0.3) is 0 Å². The van der Waals surface area contributed by atoms with E-state index in [1.807, 2.05) is 0 Å². The Kier molecular flexibility index (Phi) is 6.68. The Hall–Kier alpha value is -0.480. The van der Waals surface area contributed by atoms with Gasteiger partial charge < -0.3 is 15.9 Å². The molecule has 0 aliphatic carbocycles. The first-order chi connectivity index (χ1) is 6.65. The maximum Gasteiger partial charge on any atom is 0.134 e. The number of phenolic OH excluding ortho intramolecular Hbond substituents is 1. The summed E-state index contributed by atoms with van der Waals surface area (Å²) in [6.07, 6.45) is 1.37. The van der Waals surface area contributed by atoms with Crippen LogP contribution in [0.2, 0.25) is 5.02 Å². The maximum absolute atomic E-state index is 9.19. The highest BCUT2D eigenvalue weighted by atomic mass is 35.5. The van der Waals surface area contributed by atoms with Crippen molar-refractivity contribution in [3.63, 3.8) is 0 Å². The Bertz CT molecular complexity index is 307. The predicted molar refractivity (Wildman–Crippen MR) is 63.6 cm³/mol. The van der Waals surface area contributed by atoms with Gasteiger partial charge in [0.1, 0.15) is 5.75 Å². The van der Waals surface area contributed by atoms with E-state index < -0.39 is 0 Å². The van der Waals surface area contributed by atoms with E-state index in [-0.39, 0.29) is 30.8 Å². The topological polar surface area (TPSA) is 66.5 Å². The van der Waals surface area contributed by atoms with Crippen molar-refractivity contribution in [2.45, 2.75) is 18.9 Å². The van der Waals surface area contributed by atoms with Crippen molar-refractivity contribution in [2.24, 2.45) is 5.73 Å². The third-order valence-electron chi connectivity index (χ3n) is 2.07. The van der Waals surface area contributed by atoms with Crippen LogP contribution >= 0.6 is 24.0 Å². The van der Waals surface area contributed by atoms with Gasteiger partial charge in [-0.05, 0) is 30.5 Å². The third kappa shape index (κ3) is 4.26. The molecule has 0 bridgehead atoms. The number of hydrogen-bond acceptors (Lipinski definition) is 3. The Morgan fingerprint density at radius 2 is 2.07 bits per heavy atom. The number of halogens is 2. The zero-order chi connectivity index (χ0) is 10.6. The van der Waals surface area contributed by atoms with E-state index in [0.717, 1.165) is 5.56 Å². The van der Waals surface area contributed by atoms with Crippen molar-refractivity contribution in [3.8, 4) is 5.75 Å². The summed E-state index contributed by atoms with van der Waals surface area (Å²) in [5.41, 5.74) is 6.72. The number of aliphatic hydroxyl groups excluding tert-OH is 1. The molecule has 1 rings (SSSR count). The summed E-state index contributed by atoms with van der Waals surface area (Å²) in [6.45, 7) is 0.138. The van der Waals surface area contributed by atoms with E-state index in [0.29, 0.717) is 17.9 Å². The van der Waals surface area contributed by atoms with Crippen LogP contribution in [-0.2, 0) is 0 Å². The lowest BCUT2D eigenvalue weighted by atomic mass is 10.0. The van der Waals surface area contributed by atoms with E-state index in [9.17, 15) is 5.11 Å². The lowest BCUT2D eigenvalue weighted by Gasteiger charge is -2.11. The highest BCUT2D eigenvalue weighted by Gasteiger charge is 2.07. The minimum absolute atomic E-state index is 0. The summed E-state index contributed by atoms with van der Waals surface area (Å²) in [4.78, 5) is 0. The van der Waals surface area contributed by atoms with Crippen LogP contribution in [-0.4, -0.2) is 16.8 Å². The van der Waals surface area contributed by atoms with Gasteiger partial charge in [-0.2, -0.15) is 0 Å². The highest BCUT2D eigenvalue weighted by molar-refractivity contribution is 6.32. The highest BCUT2D eigenvalue weighted by Crippen LogP contribution is 2.27. The summed E-state index contributed by atoms with van der Waals surface area (Å²) in [6, 6.07) is 4.78. The number of phenols is 1. The molecule has 1 aromatic rings. The lowest BCUT2D eigenvalue weighted by molar-refractivity contribution is 0.280. The van der Waals surface area contributed by atoms with Crippen LogP contribution < -0.4 is 5.73 Å². The third-order valence-corrected chi connectivity index (χ3v) is 2.38. The summed E-state index contributed by atoms with van der Waals surface area (Å²) in [5.74, 6) is 0.0600. The molecule has 0 unspecified atom stereocenters. The first kappa shape index (κ1) is 14.5. The van der Waals surface area contributed by atoms with Crippen LogP contribution in [0.1, 0.15) is 24.4 Å². The molecular formula is C10H15Cl2NO2. The van der Waals surface area contributed by atoms with Gasteiger partial charge >= 0.3 is 0 Å². The van der Waals surface area contributed by atoms with Crippen LogP contribution in [0.4, 0.5) is 0 Å². The molecule has 0 amide bonds. The van der Waals surface area contributed by atoms with Gasteiger partial charge in [-0.25, -0.2) is 0 Å². The molecule has 0 spiro atoms. The number of aromatic hydroxyl groups is 1. The summed E-state index contributed by atoms with van der Waals surface area (Å²) < 4.78 is 0. The Balaban J connectivity index is 0.00000196. The second-order valence-corrected chi connectivity index (χ2v) is 3.59. The van der Waals surface area contributed by atoms with E-state index >= 15 is 0 Å². The van der Waals surface area contributed by atoms with Gasteiger partial charge in [0, 0.05) is 12.6 Å². The van der Waals surface area contributed by atoms with Crippen molar-refractivity contribution >= 4 is 24.0 Å². The molecule has 0 fully saturated rings. The maximum atomic E-state index is 9.19. The number of aliphatic hydroxyl groups is 1. The predicted octanol–water partition coefficient (Wildman–Crippen LogP) is 2.24. The van der Waals surface area contributed by atoms with Gasteiger partial charge in [0.15, 0.2) is 0 Å². The molecule has 5 heteroatoms. The molecule has 1 aromatic carbocycles. The van der Waals surface area contributed by atoms with Crippen LogP contribution in [0, 0.1) is 0 Å². The summed E-state index contributed by atoms with van der Waals surface area (Å²) in [7, 11) is 0. The summed E-state index contributed by atoms with van der Waals surface area (Å²) >= 11 is 5.74. The number of rotatable bonds is 4. The molecule has 86 valence electrons. The average Bonchev–Trinajstić information content (AvgIpc) is 2.18. The fourth-order valence-electron chi connectivity index (χ4n) is 1.23. The molecule has 3 nitrogen and oxygen atoms in total. The van der Waals surface area contributed by atoms with Crippen molar-refractivity contribution in [1.82, 2.24) is 0 Å². The lowest BCUT2D eigenvalue weighted by Crippen LogP contribution is -2.10. The zero-order valence-electron chi connectivity index (χ0n) is 8.19. The van der Waals surface area contributed by atoms with E-state index in [2.05, 4.69) is 0 Å². The van der Waals surface area contributed by atoms with Crippen LogP contribution in [0.5, 0.6) is 5.75 Å². The Morgan fingerprint density at radius 1 is 1.40 bits per heavy atom. The molecule has 0 aliphatic rings. The minimum Gasteiger partial charge on any atom is -0.506 e. The van der Waals surface area contributed by atoms with E-state index in [1.165, 1.54) is 6.07 Å². The van der Waals surface area contributed by atoms with Gasteiger partial charge in [0.2, 0.25) is 0 Å². The monoisotopic (exact) mass is 251 g/mol.